The highest BCUT2D eigenvalue weighted by atomic mass is 32.2. The normalized spacial score (nSPS) is 11.4. The van der Waals surface area contributed by atoms with Crippen LogP contribution in [0.4, 0.5) is 5.69 Å². The van der Waals surface area contributed by atoms with Gasteiger partial charge in [0.25, 0.3) is 0 Å². The van der Waals surface area contributed by atoms with E-state index in [1.54, 1.807) is 11.8 Å². The summed E-state index contributed by atoms with van der Waals surface area (Å²) in [4.78, 5) is 10.3. The van der Waals surface area contributed by atoms with Gasteiger partial charge in [-0.15, -0.1) is 0 Å². The predicted molar refractivity (Wildman–Crippen MR) is 91.9 cm³/mol. The zero-order valence-electron chi connectivity index (χ0n) is 12.1. The maximum absolute atomic E-state index is 10.3. The van der Waals surface area contributed by atoms with Gasteiger partial charge in [-0.3, -0.25) is 10.6 Å². The molecule has 0 radical (unpaired) electrons. The second-order valence-corrected chi connectivity index (χ2v) is 5.45. The molecule has 6 heteroatoms. The molecule has 1 unspecified atom stereocenters. The van der Waals surface area contributed by atoms with E-state index >= 15 is 0 Å². The minimum Gasteiger partial charge on any atom is -0.368 e. The number of nitrogen functional groups attached to an aromatic ring is 1. The molecule has 0 aliphatic heterocycles. The molecule has 5 nitrogen and oxygen atoms in total. The smallest absolute Gasteiger partial charge is 0.234 e. The van der Waals surface area contributed by atoms with Gasteiger partial charge in [0.05, 0.1) is 11.7 Å². The van der Waals surface area contributed by atoms with E-state index in [9.17, 15) is 4.79 Å². The van der Waals surface area contributed by atoms with Gasteiger partial charge in [-0.1, -0.05) is 36.4 Å². The lowest BCUT2D eigenvalue weighted by Crippen LogP contribution is -2.36. The van der Waals surface area contributed by atoms with Crippen LogP contribution in [0.3, 0.4) is 0 Å². The minimum atomic E-state index is -0.461. The number of anilines is 1. The Morgan fingerprint density at radius 2 is 1.90 bits per heavy atom. The van der Waals surface area contributed by atoms with Gasteiger partial charge < -0.3 is 16.9 Å². The Kier molecular flexibility index (Phi) is 7.60. The largest absolute Gasteiger partial charge is 0.368 e. The SMILES string of the molecule is CSCCC(N)C(N)=O.NNc1cccc2ccccc12. The zero-order chi connectivity index (χ0) is 15.7. The number of thioether (sulfide) groups is 1. The number of nitrogens with two attached hydrogens (primary N) is 3. The highest BCUT2D eigenvalue weighted by Gasteiger charge is 2.06. The molecule has 0 fully saturated rings. The minimum absolute atomic E-state index is 0.413. The number of hydrazine groups is 1. The molecular weight excluding hydrogens is 284 g/mol. The van der Waals surface area contributed by atoms with Crippen molar-refractivity contribution in [3.05, 3.63) is 42.5 Å². The fraction of sp³-hybridized carbons (Fsp3) is 0.267. The maximum atomic E-state index is 10.3. The van der Waals surface area contributed by atoms with Crippen LogP contribution in [-0.2, 0) is 4.79 Å². The van der Waals surface area contributed by atoms with Gasteiger partial charge in [0.2, 0.25) is 5.91 Å². The molecule has 21 heavy (non-hydrogen) atoms. The summed E-state index contributed by atoms with van der Waals surface area (Å²) >= 11 is 1.66. The molecule has 0 spiro atoms. The van der Waals surface area contributed by atoms with Crippen molar-refractivity contribution < 1.29 is 4.79 Å². The fourth-order valence-electron chi connectivity index (χ4n) is 1.74. The third kappa shape index (κ3) is 5.63. The van der Waals surface area contributed by atoms with E-state index in [4.69, 9.17) is 17.3 Å². The van der Waals surface area contributed by atoms with Crippen LogP contribution >= 0.6 is 11.8 Å². The molecule has 2 aromatic rings. The second kappa shape index (κ2) is 9.23. The summed E-state index contributed by atoms with van der Waals surface area (Å²) in [6.45, 7) is 0. The average Bonchev–Trinajstić information content (AvgIpc) is 2.52. The monoisotopic (exact) mass is 306 g/mol. The lowest BCUT2D eigenvalue weighted by molar-refractivity contribution is -0.119. The number of primary amides is 1. The summed E-state index contributed by atoms with van der Waals surface area (Å²) in [5.74, 6) is 5.85. The van der Waals surface area contributed by atoms with Gasteiger partial charge in [0.15, 0.2) is 0 Å². The molecule has 0 bridgehead atoms. The highest BCUT2D eigenvalue weighted by Crippen LogP contribution is 2.21. The Hall–Kier alpha value is -1.76. The first-order valence-corrected chi connectivity index (χ1v) is 7.97. The molecule has 0 saturated heterocycles. The van der Waals surface area contributed by atoms with Gasteiger partial charge in [0, 0.05) is 5.39 Å². The quantitative estimate of drug-likeness (QED) is 0.496. The van der Waals surface area contributed by atoms with Crippen molar-refractivity contribution in [2.45, 2.75) is 12.5 Å². The number of hydrogen-bond donors (Lipinski definition) is 4. The van der Waals surface area contributed by atoms with Gasteiger partial charge in [-0.05, 0) is 29.9 Å². The zero-order valence-corrected chi connectivity index (χ0v) is 12.9. The molecule has 1 amide bonds. The van der Waals surface area contributed by atoms with Crippen LogP contribution in [0.15, 0.2) is 42.5 Å². The standard InChI is InChI=1S/C10H10N2.C5H12N2OS/c11-12-10-7-3-5-8-4-1-2-6-9(8)10;1-9-3-2-4(6)5(7)8/h1-7,12H,11H2;4H,2-3,6H2,1H3,(H2,7,8). The van der Waals surface area contributed by atoms with Gasteiger partial charge in [-0.2, -0.15) is 11.8 Å². The van der Waals surface area contributed by atoms with Crippen LogP contribution in [0.5, 0.6) is 0 Å². The van der Waals surface area contributed by atoms with Crippen LogP contribution in [0, 0.1) is 0 Å². The lowest BCUT2D eigenvalue weighted by atomic mass is 10.1. The average molecular weight is 306 g/mol. The summed E-state index contributed by atoms with van der Waals surface area (Å²) in [5.41, 5.74) is 13.9. The Morgan fingerprint density at radius 1 is 1.24 bits per heavy atom. The molecule has 7 N–H and O–H groups in total. The molecule has 2 rings (SSSR count). The maximum Gasteiger partial charge on any atom is 0.234 e. The first kappa shape index (κ1) is 17.3. The Morgan fingerprint density at radius 3 is 2.52 bits per heavy atom. The molecule has 0 aromatic heterocycles. The molecule has 114 valence electrons. The number of carbonyl (C=O) groups is 1. The van der Waals surface area contributed by atoms with Crippen LogP contribution < -0.4 is 22.7 Å². The van der Waals surface area contributed by atoms with Crippen molar-refractivity contribution >= 4 is 34.1 Å². The van der Waals surface area contributed by atoms with E-state index < -0.39 is 11.9 Å². The van der Waals surface area contributed by atoms with E-state index in [0.717, 1.165) is 16.8 Å². The topological polar surface area (TPSA) is 107 Å². The summed E-state index contributed by atoms with van der Waals surface area (Å²) < 4.78 is 0. The summed E-state index contributed by atoms with van der Waals surface area (Å²) in [6.07, 6.45) is 2.64. The third-order valence-electron chi connectivity index (χ3n) is 2.94. The predicted octanol–water partition coefficient (Wildman–Crippen LogP) is 1.68. The number of fused-ring (bicyclic) bond motifs is 1. The summed E-state index contributed by atoms with van der Waals surface area (Å²) in [5, 5.41) is 2.36. The van der Waals surface area contributed by atoms with E-state index in [-0.39, 0.29) is 0 Å². The van der Waals surface area contributed by atoms with E-state index in [1.165, 1.54) is 5.39 Å². The van der Waals surface area contributed by atoms with Crippen molar-refractivity contribution in [1.82, 2.24) is 0 Å². The van der Waals surface area contributed by atoms with Gasteiger partial charge in [0.1, 0.15) is 0 Å². The molecular formula is C15H22N4OS. The molecule has 1 atom stereocenters. The van der Waals surface area contributed by atoms with Crippen molar-refractivity contribution in [3.8, 4) is 0 Å². The highest BCUT2D eigenvalue weighted by molar-refractivity contribution is 7.98. The second-order valence-electron chi connectivity index (χ2n) is 4.46. The molecule has 0 aliphatic carbocycles. The number of carbonyl (C=O) groups excluding carboxylic acids is 1. The fourth-order valence-corrected chi connectivity index (χ4v) is 2.23. The Bertz CT molecular complexity index is 571. The van der Waals surface area contributed by atoms with Crippen molar-refractivity contribution in [2.75, 3.05) is 17.4 Å². The number of benzene rings is 2. The van der Waals surface area contributed by atoms with Crippen molar-refractivity contribution in [1.29, 1.82) is 0 Å². The third-order valence-corrected chi connectivity index (χ3v) is 3.59. The first-order chi connectivity index (χ1) is 10.1. The van der Waals surface area contributed by atoms with Crippen molar-refractivity contribution in [3.63, 3.8) is 0 Å². The Labute approximate surface area is 129 Å². The van der Waals surface area contributed by atoms with Crippen LogP contribution in [-0.4, -0.2) is 24.0 Å². The molecule has 0 saturated carbocycles. The van der Waals surface area contributed by atoms with Gasteiger partial charge in [-0.25, -0.2) is 0 Å². The van der Waals surface area contributed by atoms with Crippen LogP contribution in [0.2, 0.25) is 0 Å². The molecule has 2 aromatic carbocycles. The van der Waals surface area contributed by atoms with E-state index in [2.05, 4.69) is 17.6 Å². The molecule has 0 aliphatic rings. The van der Waals surface area contributed by atoms with Crippen molar-refractivity contribution in [2.24, 2.45) is 17.3 Å². The van der Waals surface area contributed by atoms with Crippen LogP contribution in [0.25, 0.3) is 10.8 Å². The summed E-state index contributed by atoms with van der Waals surface area (Å²) in [6, 6.07) is 13.7. The summed E-state index contributed by atoms with van der Waals surface area (Å²) in [7, 11) is 0. The Balaban J connectivity index is 0.000000222. The molecule has 0 heterocycles. The lowest BCUT2D eigenvalue weighted by Gasteiger charge is -2.03. The number of rotatable bonds is 5. The van der Waals surface area contributed by atoms with E-state index in [0.29, 0.717) is 6.42 Å². The number of hydrogen-bond acceptors (Lipinski definition) is 5. The first-order valence-electron chi connectivity index (χ1n) is 6.58. The van der Waals surface area contributed by atoms with E-state index in [1.807, 2.05) is 36.6 Å². The van der Waals surface area contributed by atoms with Crippen LogP contribution in [0.1, 0.15) is 6.42 Å². The van der Waals surface area contributed by atoms with Gasteiger partial charge >= 0.3 is 0 Å². The number of nitrogens with one attached hydrogen (secondary N) is 1. The number of amides is 1.